The first-order chi connectivity index (χ1) is 3.81. The lowest BCUT2D eigenvalue weighted by atomic mass is 10.3. The molecule has 0 spiro atoms. The quantitative estimate of drug-likeness (QED) is 0.359. The Labute approximate surface area is 50.4 Å². The van der Waals surface area contributed by atoms with Gasteiger partial charge in [-0.25, -0.2) is 4.99 Å². The molecule has 0 saturated heterocycles. The monoisotopic (exact) mass is 109 g/mol. The van der Waals surface area contributed by atoms with Crippen LogP contribution in [0.1, 0.15) is 13.8 Å². The van der Waals surface area contributed by atoms with Crippen LogP contribution in [0.2, 0.25) is 0 Å². The first kappa shape index (κ1) is 7.19. The molecule has 0 fully saturated rings. The number of aliphatic imine (C=N–C) groups is 1. The topological polar surface area (TPSA) is 12.4 Å². The third-order valence-electron chi connectivity index (χ3n) is 0.877. The van der Waals surface area contributed by atoms with Crippen LogP contribution in [0.4, 0.5) is 0 Å². The van der Waals surface area contributed by atoms with Gasteiger partial charge in [-0.2, -0.15) is 0 Å². The fraction of sp³-hybridized carbons (Fsp3) is 0.429. The van der Waals surface area contributed by atoms with Crippen molar-refractivity contribution < 1.29 is 0 Å². The molecule has 0 saturated carbocycles. The molecule has 0 heterocycles. The highest BCUT2D eigenvalue weighted by Crippen LogP contribution is 1.88. The fourth-order valence-electron chi connectivity index (χ4n) is 0.250. The van der Waals surface area contributed by atoms with Crippen molar-refractivity contribution in [1.29, 1.82) is 0 Å². The predicted molar refractivity (Wildman–Crippen MR) is 37.4 cm³/mol. The zero-order chi connectivity index (χ0) is 6.41. The van der Waals surface area contributed by atoms with Crippen LogP contribution >= 0.6 is 0 Å². The fourth-order valence-corrected chi connectivity index (χ4v) is 0.250. The molecule has 0 unspecified atom stereocenters. The third kappa shape index (κ3) is 3.38. The van der Waals surface area contributed by atoms with Crippen LogP contribution in [0.3, 0.4) is 0 Å². The van der Waals surface area contributed by atoms with Crippen LogP contribution in [0.15, 0.2) is 22.7 Å². The summed E-state index contributed by atoms with van der Waals surface area (Å²) < 4.78 is 0. The van der Waals surface area contributed by atoms with Crippen LogP contribution in [-0.2, 0) is 0 Å². The van der Waals surface area contributed by atoms with Gasteiger partial charge in [-0.15, -0.1) is 0 Å². The minimum absolute atomic E-state index is 1.19. The van der Waals surface area contributed by atoms with Crippen LogP contribution in [0.5, 0.6) is 0 Å². The predicted octanol–water partition coefficient (Wildman–Crippen LogP) is 1.81. The molecule has 0 aromatic carbocycles. The van der Waals surface area contributed by atoms with Crippen molar-refractivity contribution >= 4 is 5.87 Å². The maximum absolute atomic E-state index is 3.68. The van der Waals surface area contributed by atoms with E-state index in [9.17, 15) is 0 Å². The number of allylic oxidation sites excluding steroid dienone is 3. The molecule has 1 heteroatoms. The summed E-state index contributed by atoms with van der Waals surface area (Å²) in [6, 6.07) is 0. The average molecular weight is 109 g/mol. The van der Waals surface area contributed by atoms with Gasteiger partial charge in [0.1, 0.15) is 0 Å². The molecule has 44 valence electrons. The van der Waals surface area contributed by atoms with Crippen molar-refractivity contribution in [3.8, 4) is 0 Å². The molecule has 0 rings (SSSR count). The van der Waals surface area contributed by atoms with Crippen LogP contribution in [-0.4, -0.2) is 12.9 Å². The molecular formula is C7H11N. The lowest BCUT2D eigenvalue weighted by Gasteiger charge is -1.78. The van der Waals surface area contributed by atoms with E-state index in [1.54, 1.807) is 7.05 Å². The van der Waals surface area contributed by atoms with Gasteiger partial charge in [0, 0.05) is 13.1 Å². The molecule has 0 N–H and O–H groups in total. The summed E-state index contributed by atoms with van der Waals surface area (Å²) in [5.74, 6) is 2.73. The van der Waals surface area contributed by atoms with Crippen molar-refractivity contribution in [2.75, 3.05) is 7.05 Å². The molecule has 0 amide bonds. The molecule has 1 nitrogen and oxygen atoms in total. The molecule has 0 aromatic rings. The maximum Gasteiger partial charge on any atom is 0.0372 e. The van der Waals surface area contributed by atoms with Crippen LogP contribution in [0.25, 0.3) is 0 Å². The highest BCUT2D eigenvalue weighted by molar-refractivity contribution is 5.56. The van der Waals surface area contributed by atoms with E-state index in [4.69, 9.17) is 0 Å². The maximum atomic E-state index is 3.68. The third-order valence-corrected chi connectivity index (χ3v) is 0.877. The lowest BCUT2D eigenvalue weighted by Crippen LogP contribution is -1.63. The van der Waals surface area contributed by atoms with E-state index in [-0.39, 0.29) is 0 Å². The number of nitrogens with zero attached hydrogens (tertiary/aromatic N) is 1. The smallest absolute Gasteiger partial charge is 0.0372 e. The van der Waals surface area contributed by atoms with E-state index in [2.05, 4.69) is 10.9 Å². The summed E-state index contributed by atoms with van der Waals surface area (Å²) in [5.41, 5.74) is 1.19. The second-order valence-electron chi connectivity index (χ2n) is 1.53. The van der Waals surface area contributed by atoms with E-state index in [0.29, 0.717) is 0 Å². The van der Waals surface area contributed by atoms with Crippen molar-refractivity contribution in [3.63, 3.8) is 0 Å². The van der Waals surface area contributed by atoms with Gasteiger partial charge in [0.15, 0.2) is 0 Å². The zero-order valence-electron chi connectivity index (χ0n) is 5.60. The Morgan fingerprint density at radius 3 is 2.62 bits per heavy atom. The Bertz CT molecular complexity index is 136. The standard InChI is InChI=1S/C7H11N/c1-4-7(2)5-6-8-3/h4-5H,1-3H3/b7-4-. The number of hydrogen-bond acceptors (Lipinski definition) is 1. The van der Waals surface area contributed by atoms with Crippen molar-refractivity contribution in [1.82, 2.24) is 0 Å². The molecule has 0 aliphatic carbocycles. The first-order valence-corrected chi connectivity index (χ1v) is 2.61. The highest BCUT2D eigenvalue weighted by atomic mass is 14.6. The van der Waals surface area contributed by atoms with E-state index in [1.807, 2.05) is 26.0 Å². The Kier molecular flexibility index (Phi) is 3.91. The summed E-state index contributed by atoms with van der Waals surface area (Å²) in [6.07, 6.45) is 3.86. The van der Waals surface area contributed by atoms with Crippen LogP contribution < -0.4 is 0 Å². The van der Waals surface area contributed by atoms with E-state index in [1.165, 1.54) is 5.57 Å². The molecule has 0 aliphatic heterocycles. The molecule has 0 radical (unpaired) electrons. The summed E-state index contributed by atoms with van der Waals surface area (Å²) in [6.45, 7) is 4.00. The van der Waals surface area contributed by atoms with Gasteiger partial charge in [0.2, 0.25) is 0 Å². The lowest BCUT2D eigenvalue weighted by molar-refractivity contribution is 1.46. The molecule has 0 bridgehead atoms. The van der Waals surface area contributed by atoms with Crippen LogP contribution in [0, 0.1) is 0 Å². The van der Waals surface area contributed by atoms with E-state index >= 15 is 0 Å². The Balaban J connectivity index is 3.90. The molecule has 8 heavy (non-hydrogen) atoms. The second kappa shape index (κ2) is 4.35. The zero-order valence-corrected chi connectivity index (χ0v) is 5.60. The minimum Gasteiger partial charge on any atom is -0.246 e. The van der Waals surface area contributed by atoms with Gasteiger partial charge < -0.3 is 0 Å². The van der Waals surface area contributed by atoms with Gasteiger partial charge in [-0.1, -0.05) is 6.08 Å². The normalized spacial score (nSPS) is 10.1. The highest BCUT2D eigenvalue weighted by Gasteiger charge is 1.70. The summed E-state index contributed by atoms with van der Waals surface area (Å²) in [4.78, 5) is 3.68. The average Bonchev–Trinajstić information content (AvgIpc) is 1.83. The van der Waals surface area contributed by atoms with E-state index < -0.39 is 0 Å². The number of hydrogen-bond donors (Lipinski definition) is 0. The van der Waals surface area contributed by atoms with E-state index in [0.717, 1.165) is 0 Å². The Hall–Kier alpha value is -0.810. The minimum atomic E-state index is 1.19. The summed E-state index contributed by atoms with van der Waals surface area (Å²) >= 11 is 0. The molecule has 0 atom stereocenters. The van der Waals surface area contributed by atoms with Gasteiger partial charge in [0.05, 0.1) is 0 Å². The van der Waals surface area contributed by atoms with Gasteiger partial charge >= 0.3 is 0 Å². The summed E-state index contributed by atoms with van der Waals surface area (Å²) in [7, 11) is 1.71. The van der Waals surface area contributed by atoms with Gasteiger partial charge in [-0.3, -0.25) is 0 Å². The van der Waals surface area contributed by atoms with Gasteiger partial charge in [0.25, 0.3) is 0 Å². The SMILES string of the molecule is C/C=C(/C)C=C=NC. The first-order valence-electron chi connectivity index (χ1n) is 2.61. The Morgan fingerprint density at radius 1 is 1.62 bits per heavy atom. The largest absolute Gasteiger partial charge is 0.246 e. The van der Waals surface area contributed by atoms with Gasteiger partial charge in [-0.05, 0) is 25.3 Å². The molecular weight excluding hydrogens is 98.1 g/mol. The Morgan fingerprint density at radius 2 is 2.25 bits per heavy atom. The summed E-state index contributed by atoms with van der Waals surface area (Å²) in [5, 5.41) is 0. The van der Waals surface area contributed by atoms with Crippen molar-refractivity contribution in [3.05, 3.63) is 17.7 Å². The van der Waals surface area contributed by atoms with Crippen molar-refractivity contribution in [2.45, 2.75) is 13.8 Å². The molecule has 0 aromatic heterocycles. The molecule has 0 aliphatic rings. The van der Waals surface area contributed by atoms with Crippen molar-refractivity contribution in [2.24, 2.45) is 4.99 Å². The number of rotatable bonds is 1. The second-order valence-corrected chi connectivity index (χ2v) is 1.53.